The van der Waals surface area contributed by atoms with Crippen LogP contribution in [-0.2, 0) is 6.42 Å². The van der Waals surface area contributed by atoms with Crippen LogP contribution in [0.1, 0.15) is 29.4 Å². The normalized spacial score (nSPS) is 12.8. The van der Waals surface area contributed by atoms with E-state index < -0.39 is 0 Å². The summed E-state index contributed by atoms with van der Waals surface area (Å²) in [4.78, 5) is 12.5. The van der Waals surface area contributed by atoms with Crippen molar-refractivity contribution in [1.29, 1.82) is 0 Å². The molecule has 2 aromatic heterocycles. The summed E-state index contributed by atoms with van der Waals surface area (Å²) in [6, 6.07) is 41.4. The fourth-order valence-corrected chi connectivity index (χ4v) is 6.66. The van der Waals surface area contributed by atoms with Gasteiger partial charge in [-0.15, -0.1) is 0 Å². The number of carbonyl (C=O) groups excluding carboxylic acids is 1. The van der Waals surface area contributed by atoms with Crippen LogP contribution >= 0.6 is 0 Å². The zero-order valence-corrected chi connectivity index (χ0v) is 22.8. The first-order valence-electron chi connectivity index (χ1n) is 14.2. The van der Waals surface area contributed by atoms with Crippen LogP contribution in [0.4, 0.5) is 0 Å². The van der Waals surface area contributed by atoms with Crippen LogP contribution < -0.4 is 0 Å². The van der Waals surface area contributed by atoms with Crippen molar-refractivity contribution in [1.82, 2.24) is 9.13 Å². The number of hydrogen-bond acceptors (Lipinski definition) is 1. The Morgan fingerprint density at radius 3 is 1.95 bits per heavy atom. The van der Waals surface area contributed by atoms with E-state index in [4.69, 9.17) is 0 Å². The first-order chi connectivity index (χ1) is 20.2. The van der Waals surface area contributed by atoms with Crippen LogP contribution in [0.25, 0.3) is 66.7 Å². The van der Waals surface area contributed by atoms with Crippen molar-refractivity contribution in [3.63, 3.8) is 0 Å². The molecular formula is C38H28N2O. The van der Waals surface area contributed by atoms with E-state index in [9.17, 15) is 4.79 Å². The van der Waals surface area contributed by atoms with Gasteiger partial charge in [-0.25, -0.2) is 0 Å². The fraction of sp³-hybridized carbons (Fsp3) is 0.0789. The van der Waals surface area contributed by atoms with Crippen molar-refractivity contribution >= 4 is 44.7 Å². The van der Waals surface area contributed by atoms with Gasteiger partial charge in [0.15, 0.2) is 0 Å². The summed E-state index contributed by atoms with van der Waals surface area (Å²) >= 11 is 0. The highest BCUT2D eigenvalue weighted by Crippen LogP contribution is 2.36. The predicted octanol–water partition coefficient (Wildman–Crippen LogP) is 9.69. The number of benzene rings is 5. The quantitative estimate of drug-likeness (QED) is 0.224. The van der Waals surface area contributed by atoms with Gasteiger partial charge in [0, 0.05) is 28.8 Å². The van der Waals surface area contributed by atoms with Gasteiger partial charge in [-0.05, 0) is 89.2 Å². The third-order valence-electron chi connectivity index (χ3n) is 8.48. The maximum Gasteiger partial charge on any atom is 0.228 e. The summed E-state index contributed by atoms with van der Waals surface area (Å²) in [5.41, 5.74) is 11.6. The number of para-hydroxylation sites is 2. The zero-order valence-electron chi connectivity index (χ0n) is 22.8. The molecule has 3 heteroatoms. The van der Waals surface area contributed by atoms with E-state index >= 15 is 0 Å². The Morgan fingerprint density at radius 2 is 1.24 bits per heavy atom. The molecule has 0 saturated heterocycles. The van der Waals surface area contributed by atoms with Crippen LogP contribution in [0, 0.1) is 0 Å². The third kappa shape index (κ3) is 3.70. The number of aromatic nitrogens is 2. The first kappa shape index (κ1) is 23.7. The standard InChI is InChI=1S/C38H28N2O/c1-25(41)39-35-17-5-4-16-33(35)34-24-29(20-21-38(34)39)27-11-8-10-26(22-27)28-12-9-13-30(23-28)40-36-18-6-2-14-31(36)32-15-3-7-19-37(32)40/h2-3,5-15,17-24H,4,16H2,1H3. The molecule has 1 aliphatic carbocycles. The molecule has 0 atom stereocenters. The van der Waals surface area contributed by atoms with Gasteiger partial charge in [0.1, 0.15) is 0 Å². The van der Waals surface area contributed by atoms with E-state index in [1.165, 1.54) is 49.4 Å². The van der Waals surface area contributed by atoms with Gasteiger partial charge in [-0.1, -0.05) is 78.9 Å². The summed E-state index contributed by atoms with van der Waals surface area (Å²) in [5.74, 6) is 0.0562. The summed E-state index contributed by atoms with van der Waals surface area (Å²) in [6.07, 6.45) is 6.23. The highest BCUT2D eigenvalue weighted by Gasteiger charge is 2.20. The molecule has 0 radical (unpaired) electrons. The van der Waals surface area contributed by atoms with Crippen molar-refractivity contribution in [2.24, 2.45) is 0 Å². The molecular weight excluding hydrogens is 500 g/mol. The molecule has 0 amide bonds. The molecule has 0 fully saturated rings. The summed E-state index contributed by atoms with van der Waals surface area (Å²) < 4.78 is 4.23. The van der Waals surface area contributed by atoms with Crippen molar-refractivity contribution in [2.45, 2.75) is 19.8 Å². The Bertz CT molecular complexity index is 2140. The number of fused-ring (bicyclic) bond motifs is 6. The minimum absolute atomic E-state index is 0.0562. The second kappa shape index (κ2) is 9.21. The van der Waals surface area contributed by atoms with Gasteiger partial charge in [-0.2, -0.15) is 0 Å². The lowest BCUT2D eigenvalue weighted by Crippen LogP contribution is -2.08. The first-order valence-corrected chi connectivity index (χ1v) is 14.2. The van der Waals surface area contributed by atoms with Gasteiger partial charge < -0.3 is 4.57 Å². The molecule has 0 aliphatic heterocycles. The number of carbonyl (C=O) groups is 1. The monoisotopic (exact) mass is 528 g/mol. The van der Waals surface area contributed by atoms with Crippen molar-refractivity contribution in [3.05, 3.63) is 133 Å². The van der Waals surface area contributed by atoms with Crippen molar-refractivity contribution < 1.29 is 4.79 Å². The van der Waals surface area contributed by atoms with Gasteiger partial charge in [0.2, 0.25) is 5.91 Å². The Morgan fingerprint density at radius 1 is 0.610 bits per heavy atom. The molecule has 3 nitrogen and oxygen atoms in total. The molecule has 1 aliphatic rings. The van der Waals surface area contributed by atoms with E-state index in [1.807, 2.05) is 4.57 Å². The zero-order chi connectivity index (χ0) is 27.5. The molecule has 0 spiro atoms. The number of aryl methyl sites for hydroxylation is 1. The second-order valence-corrected chi connectivity index (χ2v) is 10.9. The van der Waals surface area contributed by atoms with Crippen LogP contribution in [0.5, 0.6) is 0 Å². The maximum atomic E-state index is 12.5. The predicted molar refractivity (Wildman–Crippen MR) is 171 cm³/mol. The Kier molecular flexibility index (Phi) is 5.33. The van der Waals surface area contributed by atoms with Gasteiger partial charge >= 0.3 is 0 Å². The molecule has 0 bridgehead atoms. The van der Waals surface area contributed by atoms with Crippen molar-refractivity contribution in [2.75, 3.05) is 0 Å². The van der Waals surface area contributed by atoms with Crippen molar-refractivity contribution in [3.8, 4) is 27.9 Å². The number of allylic oxidation sites excluding steroid dienone is 1. The number of hydrogen-bond donors (Lipinski definition) is 0. The average Bonchev–Trinajstić information content (AvgIpc) is 3.54. The molecule has 41 heavy (non-hydrogen) atoms. The van der Waals surface area contributed by atoms with Gasteiger partial charge in [0.25, 0.3) is 0 Å². The molecule has 7 aromatic rings. The lowest BCUT2D eigenvalue weighted by molar-refractivity contribution is 0.0941. The fourth-order valence-electron chi connectivity index (χ4n) is 6.66. The Balaban J connectivity index is 1.24. The number of nitrogens with zero attached hydrogens (tertiary/aromatic N) is 2. The molecule has 5 aromatic carbocycles. The average molecular weight is 529 g/mol. The minimum Gasteiger partial charge on any atom is -0.309 e. The summed E-state index contributed by atoms with van der Waals surface area (Å²) in [6.45, 7) is 1.65. The number of rotatable bonds is 3. The van der Waals surface area contributed by atoms with E-state index in [2.05, 4.69) is 132 Å². The molecule has 196 valence electrons. The molecule has 8 rings (SSSR count). The molecule has 0 saturated carbocycles. The van der Waals surface area contributed by atoms with Crippen LogP contribution in [0.3, 0.4) is 0 Å². The van der Waals surface area contributed by atoms with E-state index in [0.29, 0.717) is 0 Å². The molecule has 2 heterocycles. The lowest BCUT2D eigenvalue weighted by Gasteiger charge is -2.11. The summed E-state index contributed by atoms with van der Waals surface area (Å²) in [5, 5.41) is 3.71. The van der Waals surface area contributed by atoms with Crippen LogP contribution in [0.15, 0.2) is 121 Å². The Hall–Kier alpha value is -5.15. The van der Waals surface area contributed by atoms with Gasteiger partial charge in [-0.3, -0.25) is 9.36 Å². The second-order valence-electron chi connectivity index (χ2n) is 10.9. The van der Waals surface area contributed by atoms with E-state index in [-0.39, 0.29) is 5.91 Å². The van der Waals surface area contributed by atoms with Crippen LogP contribution in [0.2, 0.25) is 0 Å². The SMILES string of the molecule is CC(=O)n1c2c(c3cc(-c4cccc(-c5cccc(-n6c7ccccc7c7ccccc76)c5)c4)ccc31)CCC=C2. The smallest absolute Gasteiger partial charge is 0.228 e. The topological polar surface area (TPSA) is 26.9 Å². The maximum absolute atomic E-state index is 12.5. The van der Waals surface area contributed by atoms with E-state index in [1.54, 1.807) is 6.92 Å². The highest BCUT2D eigenvalue weighted by atomic mass is 16.1. The summed E-state index contributed by atoms with van der Waals surface area (Å²) in [7, 11) is 0. The third-order valence-corrected chi connectivity index (χ3v) is 8.48. The van der Waals surface area contributed by atoms with Crippen LogP contribution in [-0.4, -0.2) is 15.0 Å². The molecule has 0 N–H and O–H groups in total. The molecule has 0 unspecified atom stereocenters. The lowest BCUT2D eigenvalue weighted by atomic mass is 9.96. The minimum atomic E-state index is 0.0562. The Labute approximate surface area is 238 Å². The highest BCUT2D eigenvalue weighted by molar-refractivity contribution is 6.09. The van der Waals surface area contributed by atoms with E-state index in [0.717, 1.165) is 35.3 Å². The largest absolute Gasteiger partial charge is 0.309 e. The van der Waals surface area contributed by atoms with Gasteiger partial charge in [0.05, 0.1) is 22.2 Å².